The van der Waals surface area contributed by atoms with Crippen LogP contribution in [0, 0.1) is 24.2 Å². The Morgan fingerprint density at radius 2 is 2.12 bits per heavy atom. The molecule has 5 nitrogen and oxygen atoms in total. The number of ether oxygens (including phenoxy) is 1. The maximum Gasteiger partial charge on any atom is 0.331 e. The highest BCUT2D eigenvalue weighted by Gasteiger charge is 2.61. The number of furan rings is 1. The van der Waals surface area contributed by atoms with Gasteiger partial charge in [0.1, 0.15) is 23.8 Å². The number of carbonyl (C=O) groups excluding carboxylic acids is 2. The molecule has 2 aliphatic carbocycles. The van der Waals surface area contributed by atoms with Crippen LogP contribution in [0.1, 0.15) is 69.6 Å². The van der Waals surface area contributed by atoms with Crippen LogP contribution in [-0.4, -0.2) is 16.9 Å². The number of aliphatic hydroxyl groups is 1. The number of hydrogen-bond acceptors (Lipinski definition) is 5. The Kier molecular flexibility index (Phi) is 4.40. The minimum atomic E-state index is -0.998. The summed E-state index contributed by atoms with van der Waals surface area (Å²) in [4.78, 5) is 25.0. The number of aryl methyl sites for hydroxylation is 1. The Balaban J connectivity index is 2.15. The first-order valence-corrected chi connectivity index (χ1v) is 8.82. The highest BCUT2D eigenvalue weighted by atomic mass is 16.5. The van der Waals surface area contributed by atoms with Crippen molar-refractivity contribution < 1.29 is 23.8 Å². The molecule has 1 saturated carbocycles. The average Bonchev–Trinajstić information content (AvgIpc) is 2.89. The predicted molar refractivity (Wildman–Crippen MR) is 91.7 cm³/mol. The van der Waals surface area contributed by atoms with Gasteiger partial charge in [0, 0.05) is 23.5 Å². The summed E-state index contributed by atoms with van der Waals surface area (Å²) in [6.07, 6.45) is 2.56. The smallest absolute Gasteiger partial charge is 0.331 e. The maximum absolute atomic E-state index is 12.7. The zero-order chi connectivity index (χ0) is 18.5. The van der Waals surface area contributed by atoms with E-state index in [1.807, 2.05) is 27.7 Å². The van der Waals surface area contributed by atoms with Gasteiger partial charge in [0.25, 0.3) is 0 Å². The predicted octanol–water partition coefficient (Wildman–Crippen LogP) is 3.81. The van der Waals surface area contributed by atoms with Crippen molar-refractivity contribution in [2.45, 2.75) is 59.7 Å². The van der Waals surface area contributed by atoms with Crippen LogP contribution in [0.2, 0.25) is 0 Å². The lowest BCUT2D eigenvalue weighted by atomic mass is 9.53. The molecule has 0 bridgehead atoms. The van der Waals surface area contributed by atoms with Crippen molar-refractivity contribution in [1.82, 2.24) is 0 Å². The molecule has 0 radical (unpaired) electrons. The molecular weight excluding hydrogens is 320 g/mol. The Bertz CT molecular complexity index is 739. The minimum absolute atomic E-state index is 0.0102. The third-order valence-corrected chi connectivity index (χ3v) is 6.01. The van der Waals surface area contributed by atoms with E-state index in [-0.39, 0.29) is 11.7 Å². The van der Waals surface area contributed by atoms with E-state index in [0.717, 1.165) is 17.6 Å². The van der Waals surface area contributed by atoms with E-state index in [1.165, 1.54) is 6.08 Å². The second kappa shape index (κ2) is 6.13. The van der Waals surface area contributed by atoms with Gasteiger partial charge in [0.2, 0.25) is 0 Å². The van der Waals surface area contributed by atoms with Gasteiger partial charge in [-0.3, -0.25) is 4.79 Å². The fourth-order valence-electron chi connectivity index (χ4n) is 4.49. The van der Waals surface area contributed by atoms with Gasteiger partial charge in [-0.2, -0.15) is 0 Å². The van der Waals surface area contributed by atoms with Crippen molar-refractivity contribution in [2.24, 2.45) is 17.3 Å². The Labute approximate surface area is 148 Å². The molecule has 1 heterocycles. The van der Waals surface area contributed by atoms with Crippen LogP contribution in [0.15, 0.2) is 22.3 Å². The Morgan fingerprint density at radius 3 is 2.76 bits per heavy atom. The molecular formula is C20H26O5. The SMILES string of the molecule is CC(C)=CC(=O)OC1c2c(C)coc2C(O)C2C(=O)CCC(C)C12C. The van der Waals surface area contributed by atoms with Gasteiger partial charge in [-0.05, 0) is 38.7 Å². The lowest BCUT2D eigenvalue weighted by Gasteiger charge is -2.53. The molecule has 0 spiro atoms. The van der Waals surface area contributed by atoms with E-state index < -0.39 is 29.5 Å². The van der Waals surface area contributed by atoms with E-state index in [2.05, 4.69) is 6.92 Å². The van der Waals surface area contributed by atoms with Gasteiger partial charge >= 0.3 is 5.97 Å². The number of esters is 1. The second-order valence-corrected chi connectivity index (χ2v) is 7.93. The molecule has 0 saturated heterocycles. The van der Waals surface area contributed by atoms with E-state index >= 15 is 0 Å². The van der Waals surface area contributed by atoms with Crippen LogP contribution in [0.3, 0.4) is 0 Å². The molecule has 5 unspecified atom stereocenters. The van der Waals surface area contributed by atoms with Crippen LogP contribution in [0.5, 0.6) is 0 Å². The number of ketones is 1. The summed E-state index contributed by atoms with van der Waals surface area (Å²) in [6, 6.07) is 0. The zero-order valence-electron chi connectivity index (χ0n) is 15.5. The van der Waals surface area contributed by atoms with Gasteiger partial charge in [0.05, 0.1) is 12.2 Å². The topological polar surface area (TPSA) is 76.7 Å². The fraction of sp³-hybridized carbons (Fsp3) is 0.600. The highest BCUT2D eigenvalue weighted by Crippen LogP contribution is 2.61. The van der Waals surface area contributed by atoms with Crippen molar-refractivity contribution in [3.63, 3.8) is 0 Å². The highest BCUT2D eigenvalue weighted by molar-refractivity contribution is 5.85. The molecule has 1 fully saturated rings. The summed E-state index contributed by atoms with van der Waals surface area (Å²) in [6.45, 7) is 9.55. The van der Waals surface area contributed by atoms with E-state index in [1.54, 1.807) is 6.26 Å². The molecule has 136 valence electrons. The van der Waals surface area contributed by atoms with Crippen LogP contribution in [-0.2, 0) is 14.3 Å². The molecule has 3 rings (SSSR count). The normalized spacial score (nSPS) is 34.1. The quantitative estimate of drug-likeness (QED) is 0.651. The Morgan fingerprint density at radius 1 is 1.44 bits per heavy atom. The standard InChI is InChI=1S/C20H26O5/c1-10(2)8-14(22)25-19-15-11(3)9-24-18(15)17(23)16-13(21)7-6-12(4)20(16,19)5/h8-9,12,16-17,19,23H,6-7H2,1-5H3. The molecule has 2 aliphatic rings. The number of aliphatic hydroxyl groups excluding tert-OH is 1. The van der Waals surface area contributed by atoms with Crippen molar-refractivity contribution in [2.75, 3.05) is 0 Å². The largest absolute Gasteiger partial charge is 0.466 e. The van der Waals surface area contributed by atoms with E-state index in [9.17, 15) is 14.7 Å². The van der Waals surface area contributed by atoms with Gasteiger partial charge in [-0.15, -0.1) is 0 Å². The van der Waals surface area contributed by atoms with Gasteiger partial charge in [-0.1, -0.05) is 19.4 Å². The summed E-state index contributed by atoms with van der Waals surface area (Å²) in [5.41, 5.74) is 1.72. The van der Waals surface area contributed by atoms with Crippen molar-refractivity contribution in [3.8, 4) is 0 Å². The van der Waals surface area contributed by atoms with Crippen LogP contribution in [0.4, 0.5) is 0 Å². The van der Waals surface area contributed by atoms with Crippen LogP contribution >= 0.6 is 0 Å². The van der Waals surface area contributed by atoms with E-state index in [0.29, 0.717) is 17.7 Å². The first kappa shape index (κ1) is 17.9. The maximum atomic E-state index is 12.7. The second-order valence-electron chi connectivity index (χ2n) is 7.93. The zero-order valence-corrected chi connectivity index (χ0v) is 15.5. The molecule has 1 N–H and O–H groups in total. The van der Waals surface area contributed by atoms with E-state index in [4.69, 9.17) is 9.15 Å². The van der Waals surface area contributed by atoms with Crippen molar-refractivity contribution in [3.05, 3.63) is 34.8 Å². The molecule has 1 aromatic rings. The molecule has 5 heteroatoms. The molecule has 0 amide bonds. The van der Waals surface area contributed by atoms with Crippen LogP contribution < -0.4 is 0 Å². The molecule has 25 heavy (non-hydrogen) atoms. The summed E-state index contributed by atoms with van der Waals surface area (Å²) < 4.78 is 11.4. The van der Waals surface area contributed by atoms with Crippen molar-refractivity contribution >= 4 is 11.8 Å². The monoisotopic (exact) mass is 346 g/mol. The van der Waals surface area contributed by atoms with Gasteiger partial charge in [-0.25, -0.2) is 4.79 Å². The number of rotatable bonds is 2. The average molecular weight is 346 g/mol. The number of fused-ring (bicyclic) bond motifs is 2. The first-order valence-electron chi connectivity index (χ1n) is 8.82. The fourth-order valence-corrected chi connectivity index (χ4v) is 4.49. The number of hydrogen-bond donors (Lipinski definition) is 1. The summed E-state index contributed by atoms with van der Waals surface area (Å²) in [5.74, 6) is -0.567. The summed E-state index contributed by atoms with van der Waals surface area (Å²) in [7, 11) is 0. The van der Waals surface area contributed by atoms with Crippen molar-refractivity contribution in [1.29, 1.82) is 0 Å². The number of allylic oxidation sites excluding steroid dienone is 1. The first-order chi connectivity index (χ1) is 11.7. The number of carbonyl (C=O) groups is 2. The van der Waals surface area contributed by atoms with Gasteiger partial charge in [0.15, 0.2) is 0 Å². The minimum Gasteiger partial charge on any atom is -0.466 e. The van der Waals surface area contributed by atoms with Crippen LogP contribution in [0.25, 0.3) is 0 Å². The summed E-state index contributed by atoms with van der Waals surface area (Å²) in [5, 5.41) is 10.9. The third kappa shape index (κ3) is 2.65. The third-order valence-electron chi connectivity index (χ3n) is 6.01. The molecule has 0 aliphatic heterocycles. The Hall–Kier alpha value is -1.88. The molecule has 1 aromatic heterocycles. The molecule has 0 aromatic carbocycles. The lowest BCUT2D eigenvalue weighted by Crippen LogP contribution is -2.53. The van der Waals surface area contributed by atoms with Gasteiger partial charge < -0.3 is 14.3 Å². The molecule has 5 atom stereocenters. The lowest BCUT2D eigenvalue weighted by molar-refractivity contribution is -0.180. The number of Topliss-reactive ketones (excluding diaryl/α,β-unsaturated/α-hetero) is 1. The summed E-state index contributed by atoms with van der Waals surface area (Å²) >= 11 is 0.